The van der Waals surface area contributed by atoms with Gasteiger partial charge in [-0.25, -0.2) is 15.8 Å². The van der Waals surface area contributed by atoms with Gasteiger partial charge in [0.1, 0.15) is 0 Å². The number of benzene rings is 2. The molecule has 0 fully saturated rings. The molecular formula is C15H14N4S. The molecule has 0 aliphatic carbocycles. The normalized spacial score (nSPS) is 10.7. The highest BCUT2D eigenvalue weighted by Gasteiger charge is 2.11. The maximum atomic E-state index is 5.59. The van der Waals surface area contributed by atoms with E-state index in [2.05, 4.69) is 21.5 Å². The van der Waals surface area contributed by atoms with Gasteiger partial charge in [-0.15, -0.1) is 11.8 Å². The van der Waals surface area contributed by atoms with Gasteiger partial charge in [-0.05, 0) is 24.5 Å². The summed E-state index contributed by atoms with van der Waals surface area (Å²) in [6, 6.07) is 15.9. The minimum absolute atomic E-state index is 0.640. The monoisotopic (exact) mass is 282 g/mol. The number of nitrogen functional groups attached to an aromatic ring is 1. The average Bonchev–Trinajstić information content (AvgIpc) is 2.53. The largest absolute Gasteiger partial charge is 0.308 e. The molecule has 0 radical (unpaired) electrons. The van der Waals surface area contributed by atoms with Crippen LogP contribution >= 0.6 is 11.8 Å². The van der Waals surface area contributed by atoms with Crippen LogP contribution in [0.5, 0.6) is 0 Å². The Morgan fingerprint density at radius 1 is 1.00 bits per heavy atom. The molecule has 0 aliphatic rings. The van der Waals surface area contributed by atoms with Crippen molar-refractivity contribution in [1.29, 1.82) is 0 Å². The van der Waals surface area contributed by atoms with Gasteiger partial charge in [0.2, 0.25) is 0 Å². The molecule has 0 spiro atoms. The van der Waals surface area contributed by atoms with Gasteiger partial charge < -0.3 is 5.43 Å². The van der Waals surface area contributed by atoms with Gasteiger partial charge in [-0.2, -0.15) is 0 Å². The van der Waals surface area contributed by atoms with Crippen molar-refractivity contribution in [1.82, 2.24) is 9.97 Å². The first-order chi connectivity index (χ1) is 9.83. The Bertz CT molecular complexity index is 758. The minimum Gasteiger partial charge on any atom is -0.308 e. The lowest BCUT2D eigenvalue weighted by molar-refractivity contribution is 1.17. The Morgan fingerprint density at radius 2 is 1.75 bits per heavy atom. The molecule has 1 heterocycles. The van der Waals surface area contributed by atoms with Crippen LogP contribution < -0.4 is 11.3 Å². The molecule has 0 bridgehead atoms. The van der Waals surface area contributed by atoms with Gasteiger partial charge >= 0.3 is 0 Å². The molecule has 0 amide bonds. The second kappa shape index (κ2) is 5.48. The van der Waals surface area contributed by atoms with Crippen molar-refractivity contribution >= 4 is 28.5 Å². The second-order valence-electron chi connectivity index (χ2n) is 4.26. The van der Waals surface area contributed by atoms with Gasteiger partial charge in [0.15, 0.2) is 11.6 Å². The standard InChI is InChI=1S/C15H14N4S/c1-20-13-9-5-3-7-11(13)14-17-12-8-4-2-6-10(12)15(18-14)19-16/h2-9H,16H2,1H3,(H,17,18,19). The second-order valence-corrected chi connectivity index (χ2v) is 5.11. The summed E-state index contributed by atoms with van der Waals surface area (Å²) in [5.74, 6) is 6.91. The van der Waals surface area contributed by atoms with Gasteiger partial charge in [-0.1, -0.05) is 30.3 Å². The molecule has 100 valence electrons. The van der Waals surface area contributed by atoms with E-state index in [9.17, 15) is 0 Å². The third-order valence-corrected chi connectivity index (χ3v) is 3.88. The Labute approximate surface area is 121 Å². The van der Waals surface area contributed by atoms with E-state index >= 15 is 0 Å². The lowest BCUT2D eigenvalue weighted by Crippen LogP contribution is -2.10. The van der Waals surface area contributed by atoms with Crippen LogP contribution in [0.4, 0.5) is 5.82 Å². The third kappa shape index (κ3) is 2.21. The average molecular weight is 282 g/mol. The highest BCUT2D eigenvalue weighted by atomic mass is 32.2. The number of thioether (sulfide) groups is 1. The van der Waals surface area contributed by atoms with E-state index in [-0.39, 0.29) is 0 Å². The van der Waals surface area contributed by atoms with E-state index in [1.165, 1.54) is 0 Å². The number of fused-ring (bicyclic) bond motifs is 1. The Kier molecular flexibility index (Phi) is 3.54. The van der Waals surface area contributed by atoms with Gasteiger partial charge in [-0.3, -0.25) is 0 Å². The van der Waals surface area contributed by atoms with E-state index in [0.29, 0.717) is 11.6 Å². The number of hydrazine groups is 1. The van der Waals surface area contributed by atoms with E-state index in [1.54, 1.807) is 11.8 Å². The summed E-state index contributed by atoms with van der Waals surface area (Å²) in [5, 5.41) is 0.917. The SMILES string of the molecule is CSc1ccccc1-c1nc(NN)c2ccccc2n1. The first kappa shape index (κ1) is 12.9. The molecule has 0 unspecified atom stereocenters. The van der Waals surface area contributed by atoms with Crippen LogP contribution in [-0.2, 0) is 0 Å². The molecule has 0 atom stereocenters. The fourth-order valence-electron chi connectivity index (χ4n) is 2.14. The first-order valence-corrected chi connectivity index (χ1v) is 7.42. The predicted octanol–water partition coefficient (Wildman–Crippen LogP) is 3.30. The van der Waals surface area contributed by atoms with Crippen LogP contribution in [0.25, 0.3) is 22.3 Å². The summed E-state index contributed by atoms with van der Waals surface area (Å²) in [5.41, 5.74) is 4.55. The summed E-state index contributed by atoms with van der Waals surface area (Å²) in [7, 11) is 0. The van der Waals surface area contributed by atoms with Crippen LogP contribution in [0.3, 0.4) is 0 Å². The Hall–Kier alpha value is -2.11. The number of nitrogens with one attached hydrogen (secondary N) is 1. The van der Waals surface area contributed by atoms with Crippen molar-refractivity contribution < 1.29 is 0 Å². The molecule has 5 heteroatoms. The number of aromatic nitrogens is 2. The lowest BCUT2D eigenvalue weighted by Gasteiger charge is -2.10. The molecule has 0 saturated heterocycles. The number of nitrogens with two attached hydrogens (primary N) is 1. The molecule has 20 heavy (non-hydrogen) atoms. The van der Waals surface area contributed by atoms with Crippen molar-refractivity contribution in [2.24, 2.45) is 5.84 Å². The number of anilines is 1. The highest BCUT2D eigenvalue weighted by Crippen LogP contribution is 2.30. The topological polar surface area (TPSA) is 63.8 Å². The van der Waals surface area contributed by atoms with Gasteiger partial charge in [0, 0.05) is 15.8 Å². The molecule has 3 N–H and O–H groups in total. The van der Waals surface area contributed by atoms with Crippen LogP contribution in [-0.4, -0.2) is 16.2 Å². The predicted molar refractivity (Wildman–Crippen MR) is 84.6 cm³/mol. The summed E-state index contributed by atoms with van der Waals surface area (Å²) in [4.78, 5) is 10.3. The molecule has 4 nitrogen and oxygen atoms in total. The maximum absolute atomic E-state index is 5.59. The summed E-state index contributed by atoms with van der Waals surface area (Å²) >= 11 is 1.68. The van der Waals surface area contributed by atoms with Crippen LogP contribution in [0.2, 0.25) is 0 Å². The number of para-hydroxylation sites is 1. The van der Waals surface area contributed by atoms with Crippen molar-refractivity contribution in [2.75, 3.05) is 11.7 Å². The van der Waals surface area contributed by atoms with Crippen molar-refractivity contribution in [3.63, 3.8) is 0 Å². The number of hydrogen-bond acceptors (Lipinski definition) is 5. The first-order valence-electron chi connectivity index (χ1n) is 6.20. The molecule has 3 aromatic rings. The van der Waals surface area contributed by atoms with E-state index < -0.39 is 0 Å². The third-order valence-electron chi connectivity index (χ3n) is 3.09. The number of hydrogen-bond donors (Lipinski definition) is 2. The fourth-order valence-corrected chi connectivity index (χ4v) is 2.73. The molecule has 0 aliphatic heterocycles. The lowest BCUT2D eigenvalue weighted by atomic mass is 10.2. The van der Waals surface area contributed by atoms with Crippen molar-refractivity contribution in [3.8, 4) is 11.4 Å². The smallest absolute Gasteiger partial charge is 0.163 e. The Balaban J connectivity index is 2.26. The fraction of sp³-hybridized carbons (Fsp3) is 0.0667. The van der Waals surface area contributed by atoms with E-state index in [4.69, 9.17) is 5.84 Å². The molecule has 3 rings (SSSR count). The quantitative estimate of drug-likeness (QED) is 0.438. The van der Waals surface area contributed by atoms with Gasteiger partial charge in [0.25, 0.3) is 0 Å². The summed E-state index contributed by atoms with van der Waals surface area (Å²) in [6.07, 6.45) is 2.04. The zero-order chi connectivity index (χ0) is 13.9. The van der Waals surface area contributed by atoms with Crippen molar-refractivity contribution in [2.45, 2.75) is 4.90 Å². The van der Waals surface area contributed by atoms with Crippen LogP contribution in [0.1, 0.15) is 0 Å². The summed E-state index contributed by atoms with van der Waals surface area (Å²) in [6.45, 7) is 0. The van der Waals surface area contributed by atoms with Crippen LogP contribution in [0, 0.1) is 0 Å². The number of nitrogens with zero attached hydrogens (tertiary/aromatic N) is 2. The zero-order valence-corrected chi connectivity index (χ0v) is 11.8. The summed E-state index contributed by atoms with van der Waals surface area (Å²) < 4.78 is 0. The zero-order valence-electron chi connectivity index (χ0n) is 11.0. The maximum Gasteiger partial charge on any atom is 0.163 e. The molecule has 0 saturated carbocycles. The Morgan fingerprint density at radius 3 is 2.55 bits per heavy atom. The van der Waals surface area contributed by atoms with E-state index in [0.717, 1.165) is 21.4 Å². The van der Waals surface area contributed by atoms with Crippen LogP contribution in [0.15, 0.2) is 53.4 Å². The van der Waals surface area contributed by atoms with Crippen molar-refractivity contribution in [3.05, 3.63) is 48.5 Å². The highest BCUT2D eigenvalue weighted by molar-refractivity contribution is 7.98. The number of rotatable bonds is 3. The van der Waals surface area contributed by atoms with E-state index in [1.807, 2.05) is 48.7 Å². The molecule has 1 aromatic heterocycles. The van der Waals surface area contributed by atoms with Gasteiger partial charge in [0.05, 0.1) is 5.52 Å². The minimum atomic E-state index is 0.640. The molecular weight excluding hydrogens is 268 g/mol. The molecule has 2 aromatic carbocycles.